The van der Waals surface area contributed by atoms with Gasteiger partial charge in [0.05, 0.1) is 9.79 Å². The number of anilines is 2. The minimum atomic E-state index is -3.63. The van der Waals surface area contributed by atoms with Crippen LogP contribution in [0.15, 0.2) is 70.7 Å². The first-order valence-electron chi connectivity index (χ1n) is 9.32. The third-order valence-electron chi connectivity index (χ3n) is 4.98. The Balaban J connectivity index is 1.85. The Labute approximate surface area is 165 Å². The standard InChI is InChI=1S/C21H22N4O2S/c22-21-23-14-17(15-24-21)16-11-18(25-9-5-2-6-10-25)13-20(12-16)28(26,27)19-7-3-1-4-8-19/h1,3-4,7-8,11-15H,2,5-6,9-10H2,(H2,22,23,24). The second kappa shape index (κ2) is 7.59. The molecule has 7 heteroatoms. The maximum absolute atomic E-state index is 13.2. The summed E-state index contributed by atoms with van der Waals surface area (Å²) in [4.78, 5) is 10.9. The first-order chi connectivity index (χ1) is 13.5. The first-order valence-corrected chi connectivity index (χ1v) is 10.8. The zero-order valence-corrected chi connectivity index (χ0v) is 16.3. The molecule has 1 saturated heterocycles. The highest BCUT2D eigenvalue weighted by Crippen LogP contribution is 2.32. The summed E-state index contributed by atoms with van der Waals surface area (Å²) >= 11 is 0. The molecule has 0 radical (unpaired) electrons. The monoisotopic (exact) mass is 394 g/mol. The Bertz CT molecular complexity index is 1060. The average molecular weight is 395 g/mol. The summed E-state index contributed by atoms with van der Waals surface area (Å²) in [6.45, 7) is 1.85. The lowest BCUT2D eigenvalue weighted by Crippen LogP contribution is -2.29. The number of hydrogen-bond acceptors (Lipinski definition) is 6. The lowest BCUT2D eigenvalue weighted by Gasteiger charge is -2.29. The predicted octanol–water partition coefficient (Wildman–Crippen LogP) is 3.55. The molecule has 1 aliphatic heterocycles. The largest absolute Gasteiger partial charge is 0.371 e. The molecule has 0 unspecified atom stereocenters. The Hall–Kier alpha value is -2.93. The normalized spacial score (nSPS) is 14.8. The highest BCUT2D eigenvalue weighted by atomic mass is 32.2. The third-order valence-corrected chi connectivity index (χ3v) is 6.73. The molecule has 0 saturated carbocycles. The highest BCUT2D eigenvalue weighted by Gasteiger charge is 2.21. The molecule has 0 atom stereocenters. The Morgan fingerprint density at radius 3 is 2.18 bits per heavy atom. The van der Waals surface area contributed by atoms with Gasteiger partial charge in [-0.25, -0.2) is 18.4 Å². The van der Waals surface area contributed by atoms with Crippen molar-refractivity contribution in [3.05, 3.63) is 60.9 Å². The fourth-order valence-electron chi connectivity index (χ4n) is 3.46. The topological polar surface area (TPSA) is 89.2 Å². The lowest BCUT2D eigenvalue weighted by atomic mass is 10.1. The molecular weight excluding hydrogens is 372 g/mol. The molecule has 144 valence electrons. The van der Waals surface area contributed by atoms with Gasteiger partial charge < -0.3 is 10.6 Å². The van der Waals surface area contributed by atoms with Gasteiger partial charge >= 0.3 is 0 Å². The van der Waals surface area contributed by atoms with Gasteiger partial charge in [0.1, 0.15) is 0 Å². The highest BCUT2D eigenvalue weighted by molar-refractivity contribution is 7.91. The van der Waals surface area contributed by atoms with E-state index in [1.807, 2.05) is 6.07 Å². The van der Waals surface area contributed by atoms with E-state index in [0.717, 1.165) is 42.7 Å². The van der Waals surface area contributed by atoms with Crippen molar-refractivity contribution in [3.63, 3.8) is 0 Å². The minimum absolute atomic E-state index is 0.188. The minimum Gasteiger partial charge on any atom is -0.371 e. The molecule has 6 nitrogen and oxygen atoms in total. The molecule has 1 fully saturated rings. The van der Waals surface area contributed by atoms with E-state index in [2.05, 4.69) is 14.9 Å². The van der Waals surface area contributed by atoms with Gasteiger partial charge in [-0.05, 0) is 55.2 Å². The van der Waals surface area contributed by atoms with E-state index >= 15 is 0 Å². The fraction of sp³-hybridized carbons (Fsp3) is 0.238. The number of benzene rings is 2. The molecule has 0 bridgehead atoms. The molecule has 0 amide bonds. The average Bonchev–Trinajstić information content (AvgIpc) is 2.75. The molecular formula is C21H22N4O2S. The van der Waals surface area contributed by atoms with Gasteiger partial charge in [-0.1, -0.05) is 18.2 Å². The van der Waals surface area contributed by atoms with E-state index in [4.69, 9.17) is 5.73 Å². The van der Waals surface area contributed by atoms with Crippen LogP contribution in [0, 0.1) is 0 Å². The summed E-state index contributed by atoms with van der Waals surface area (Å²) in [6.07, 6.45) is 6.66. The molecule has 2 aromatic carbocycles. The van der Waals surface area contributed by atoms with Crippen molar-refractivity contribution in [2.24, 2.45) is 0 Å². The van der Waals surface area contributed by atoms with Crippen molar-refractivity contribution in [3.8, 4) is 11.1 Å². The summed E-state index contributed by atoms with van der Waals surface area (Å²) in [5, 5.41) is 0. The van der Waals surface area contributed by atoms with Crippen LogP contribution in [0.1, 0.15) is 19.3 Å². The molecule has 0 aliphatic carbocycles. The molecule has 3 aromatic rings. The number of aromatic nitrogens is 2. The van der Waals surface area contributed by atoms with Gasteiger partial charge in [-0.3, -0.25) is 0 Å². The lowest BCUT2D eigenvalue weighted by molar-refractivity contribution is 0.577. The fourth-order valence-corrected chi connectivity index (χ4v) is 4.81. The molecule has 1 aromatic heterocycles. The number of nitrogens with two attached hydrogens (primary N) is 1. The molecule has 1 aliphatic rings. The van der Waals surface area contributed by atoms with E-state index in [-0.39, 0.29) is 15.7 Å². The Morgan fingerprint density at radius 2 is 1.50 bits per heavy atom. The van der Waals surface area contributed by atoms with Crippen LogP contribution in [-0.4, -0.2) is 31.5 Å². The van der Waals surface area contributed by atoms with Gasteiger partial charge in [-0.2, -0.15) is 0 Å². The van der Waals surface area contributed by atoms with Crippen molar-refractivity contribution in [2.45, 2.75) is 29.1 Å². The SMILES string of the molecule is Nc1ncc(-c2cc(N3CCCCC3)cc(S(=O)(=O)c3ccccc3)c2)cn1. The van der Waals surface area contributed by atoms with Crippen molar-refractivity contribution in [1.82, 2.24) is 9.97 Å². The summed E-state index contributed by atoms with van der Waals surface area (Å²) in [6, 6.07) is 14.0. The Kier molecular flexibility index (Phi) is 5.00. The van der Waals surface area contributed by atoms with Crippen LogP contribution < -0.4 is 10.6 Å². The number of hydrogen-bond donors (Lipinski definition) is 1. The number of nitrogens with zero attached hydrogens (tertiary/aromatic N) is 3. The van der Waals surface area contributed by atoms with E-state index in [0.29, 0.717) is 0 Å². The molecule has 2 heterocycles. The maximum Gasteiger partial charge on any atom is 0.219 e. The van der Waals surface area contributed by atoms with Gasteiger partial charge in [0, 0.05) is 36.7 Å². The van der Waals surface area contributed by atoms with Gasteiger partial charge in [0.15, 0.2) is 0 Å². The smallest absolute Gasteiger partial charge is 0.219 e. The van der Waals surface area contributed by atoms with E-state index < -0.39 is 9.84 Å². The van der Waals surface area contributed by atoms with E-state index in [1.165, 1.54) is 6.42 Å². The quantitative estimate of drug-likeness (QED) is 0.728. The molecule has 28 heavy (non-hydrogen) atoms. The van der Waals surface area contributed by atoms with Gasteiger partial charge in [0.2, 0.25) is 15.8 Å². The predicted molar refractivity (Wildman–Crippen MR) is 110 cm³/mol. The van der Waals surface area contributed by atoms with Gasteiger partial charge in [-0.15, -0.1) is 0 Å². The first kappa shape index (κ1) is 18.4. The summed E-state index contributed by atoms with van der Waals surface area (Å²) < 4.78 is 26.5. The van der Waals surface area contributed by atoms with Crippen LogP contribution in [0.2, 0.25) is 0 Å². The summed E-state index contributed by atoms with van der Waals surface area (Å²) in [5.74, 6) is 0.188. The zero-order chi connectivity index (χ0) is 19.6. The van der Waals surface area contributed by atoms with Crippen LogP contribution in [-0.2, 0) is 9.84 Å². The van der Waals surface area contributed by atoms with Crippen molar-refractivity contribution >= 4 is 21.5 Å². The van der Waals surface area contributed by atoms with Gasteiger partial charge in [0.25, 0.3) is 0 Å². The van der Waals surface area contributed by atoms with Crippen LogP contribution >= 0.6 is 0 Å². The van der Waals surface area contributed by atoms with Crippen LogP contribution in [0.25, 0.3) is 11.1 Å². The molecule has 4 rings (SSSR count). The second-order valence-electron chi connectivity index (χ2n) is 6.91. The summed E-state index contributed by atoms with van der Waals surface area (Å²) in [5.41, 5.74) is 8.00. The summed E-state index contributed by atoms with van der Waals surface area (Å²) in [7, 11) is -3.63. The second-order valence-corrected chi connectivity index (χ2v) is 8.86. The van der Waals surface area contributed by atoms with Crippen molar-refractivity contribution in [2.75, 3.05) is 23.7 Å². The number of sulfone groups is 1. The third kappa shape index (κ3) is 3.71. The van der Waals surface area contributed by atoms with Crippen LogP contribution in [0.4, 0.5) is 11.6 Å². The number of rotatable bonds is 4. The maximum atomic E-state index is 13.2. The number of piperidine rings is 1. The molecule has 0 spiro atoms. The zero-order valence-electron chi connectivity index (χ0n) is 15.5. The van der Waals surface area contributed by atoms with E-state index in [9.17, 15) is 8.42 Å². The van der Waals surface area contributed by atoms with Crippen LogP contribution in [0.5, 0.6) is 0 Å². The van der Waals surface area contributed by atoms with E-state index in [1.54, 1.807) is 54.9 Å². The van der Waals surface area contributed by atoms with Crippen LogP contribution in [0.3, 0.4) is 0 Å². The molecule has 2 N–H and O–H groups in total. The Morgan fingerprint density at radius 1 is 0.821 bits per heavy atom. The van der Waals surface area contributed by atoms with Crippen molar-refractivity contribution in [1.29, 1.82) is 0 Å². The van der Waals surface area contributed by atoms with Crippen molar-refractivity contribution < 1.29 is 8.42 Å². The number of nitrogen functional groups attached to an aromatic ring is 1.